The Labute approximate surface area is 124 Å². The molecule has 1 N–H and O–H groups in total. The Morgan fingerprint density at radius 3 is 2.52 bits per heavy atom. The standard InChI is InChI=1S/C17H22FNO2/c1-12-10-14(13-4-6-15(18)7-5-13)11-19(12)16(20)17(21)8-2-3-9-17/h4-7,12,14,21H,2-3,8-11H2,1H3. The number of aliphatic hydroxyl groups is 1. The number of nitrogens with zero attached hydrogens (tertiary/aromatic N) is 1. The van der Waals surface area contributed by atoms with E-state index in [0.717, 1.165) is 24.8 Å². The molecule has 2 aliphatic rings. The molecule has 1 aliphatic heterocycles. The van der Waals surface area contributed by atoms with Gasteiger partial charge in [-0.1, -0.05) is 12.1 Å². The second kappa shape index (κ2) is 5.41. The van der Waals surface area contributed by atoms with Gasteiger partial charge in [-0.25, -0.2) is 4.39 Å². The van der Waals surface area contributed by atoms with Gasteiger partial charge in [0.25, 0.3) is 5.91 Å². The Hall–Kier alpha value is -1.42. The summed E-state index contributed by atoms with van der Waals surface area (Å²) in [6, 6.07) is 6.65. The zero-order chi connectivity index (χ0) is 15.0. The van der Waals surface area contributed by atoms with Crippen LogP contribution < -0.4 is 0 Å². The molecular formula is C17H22FNO2. The van der Waals surface area contributed by atoms with Crippen LogP contribution in [0.3, 0.4) is 0 Å². The van der Waals surface area contributed by atoms with Crippen LogP contribution >= 0.6 is 0 Å². The van der Waals surface area contributed by atoms with Crippen LogP contribution in [0.4, 0.5) is 4.39 Å². The lowest BCUT2D eigenvalue weighted by atomic mass is 9.97. The molecular weight excluding hydrogens is 269 g/mol. The molecule has 0 spiro atoms. The minimum atomic E-state index is -1.15. The molecule has 1 saturated carbocycles. The van der Waals surface area contributed by atoms with Crippen molar-refractivity contribution in [3.05, 3.63) is 35.6 Å². The van der Waals surface area contributed by atoms with Crippen molar-refractivity contribution in [2.24, 2.45) is 0 Å². The second-order valence-corrected chi connectivity index (χ2v) is 6.53. The van der Waals surface area contributed by atoms with Gasteiger partial charge < -0.3 is 10.0 Å². The molecule has 2 fully saturated rings. The van der Waals surface area contributed by atoms with Gasteiger partial charge in [0.15, 0.2) is 0 Å². The average Bonchev–Trinajstić information content (AvgIpc) is 3.06. The predicted octanol–water partition coefficient (Wildman–Crippen LogP) is 2.84. The number of carbonyl (C=O) groups excluding carboxylic acids is 1. The molecule has 1 aromatic rings. The van der Waals surface area contributed by atoms with E-state index in [9.17, 15) is 14.3 Å². The van der Waals surface area contributed by atoms with Crippen molar-refractivity contribution < 1.29 is 14.3 Å². The molecule has 1 aliphatic carbocycles. The number of rotatable bonds is 2. The maximum absolute atomic E-state index is 13.0. The van der Waals surface area contributed by atoms with Gasteiger partial charge in [-0.2, -0.15) is 0 Å². The van der Waals surface area contributed by atoms with Crippen molar-refractivity contribution >= 4 is 5.91 Å². The highest BCUT2D eigenvalue weighted by molar-refractivity contribution is 5.86. The minimum absolute atomic E-state index is 0.114. The number of hydrogen-bond acceptors (Lipinski definition) is 2. The molecule has 0 radical (unpaired) electrons. The normalized spacial score (nSPS) is 28.0. The fraction of sp³-hybridized carbons (Fsp3) is 0.588. The quantitative estimate of drug-likeness (QED) is 0.910. The number of hydrogen-bond donors (Lipinski definition) is 1. The zero-order valence-corrected chi connectivity index (χ0v) is 12.4. The highest BCUT2D eigenvalue weighted by Gasteiger charge is 2.45. The van der Waals surface area contributed by atoms with Crippen LogP contribution in [0.2, 0.25) is 0 Å². The molecule has 2 unspecified atom stereocenters. The van der Waals surface area contributed by atoms with Crippen LogP contribution in [0.15, 0.2) is 24.3 Å². The summed E-state index contributed by atoms with van der Waals surface area (Å²) in [5, 5.41) is 10.5. The Morgan fingerprint density at radius 1 is 1.29 bits per heavy atom. The average molecular weight is 291 g/mol. The van der Waals surface area contributed by atoms with E-state index in [-0.39, 0.29) is 23.7 Å². The fourth-order valence-corrected chi connectivity index (χ4v) is 3.73. The van der Waals surface area contributed by atoms with Crippen LogP contribution in [0.1, 0.15) is 50.5 Å². The molecule has 2 atom stereocenters. The fourth-order valence-electron chi connectivity index (χ4n) is 3.73. The van der Waals surface area contributed by atoms with Crippen molar-refractivity contribution in [3.63, 3.8) is 0 Å². The number of likely N-dealkylation sites (tertiary alicyclic amines) is 1. The van der Waals surface area contributed by atoms with E-state index in [0.29, 0.717) is 19.4 Å². The summed E-state index contributed by atoms with van der Waals surface area (Å²) < 4.78 is 13.0. The Balaban J connectivity index is 1.74. The first-order valence-electron chi connectivity index (χ1n) is 7.78. The summed E-state index contributed by atoms with van der Waals surface area (Å²) in [5.74, 6) is -0.121. The number of benzene rings is 1. The highest BCUT2D eigenvalue weighted by Crippen LogP contribution is 2.37. The number of amides is 1. The van der Waals surface area contributed by atoms with Crippen LogP contribution in [-0.4, -0.2) is 34.1 Å². The third-order valence-corrected chi connectivity index (χ3v) is 5.01. The van der Waals surface area contributed by atoms with E-state index < -0.39 is 5.60 Å². The number of carbonyl (C=O) groups is 1. The number of halogens is 1. The third kappa shape index (κ3) is 2.69. The molecule has 1 amide bonds. The first kappa shape index (κ1) is 14.5. The summed E-state index contributed by atoms with van der Waals surface area (Å²) >= 11 is 0. The smallest absolute Gasteiger partial charge is 0.254 e. The lowest BCUT2D eigenvalue weighted by Gasteiger charge is -2.30. The Bertz CT molecular complexity index is 522. The SMILES string of the molecule is CC1CC(c2ccc(F)cc2)CN1C(=O)C1(O)CCCC1. The minimum Gasteiger partial charge on any atom is -0.380 e. The van der Waals surface area contributed by atoms with E-state index in [1.165, 1.54) is 12.1 Å². The topological polar surface area (TPSA) is 40.5 Å². The van der Waals surface area contributed by atoms with E-state index >= 15 is 0 Å². The highest BCUT2D eigenvalue weighted by atomic mass is 19.1. The van der Waals surface area contributed by atoms with Crippen molar-refractivity contribution in [2.75, 3.05) is 6.54 Å². The van der Waals surface area contributed by atoms with Gasteiger partial charge in [-0.15, -0.1) is 0 Å². The monoisotopic (exact) mass is 291 g/mol. The van der Waals surface area contributed by atoms with Crippen molar-refractivity contribution in [2.45, 2.75) is 56.6 Å². The maximum atomic E-state index is 13.0. The predicted molar refractivity (Wildman–Crippen MR) is 78.4 cm³/mol. The lowest BCUT2D eigenvalue weighted by Crippen LogP contribution is -2.48. The summed E-state index contributed by atoms with van der Waals surface area (Å²) in [5.41, 5.74) is -0.0802. The van der Waals surface area contributed by atoms with Crippen molar-refractivity contribution in [3.8, 4) is 0 Å². The first-order valence-corrected chi connectivity index (χ1v) is 7.78. The summed E-state index contributed by atoms with van der Waals surface area (Å²) in [6.45, 7) is 2.65. The van der Waals surface area contributed by atoms with Gasteiger partial charge in [0.05, 0.1) is 0 Å². The molecule has 0 bridgehead atoms. The van der Waals surface area contributed by atoms with Crippen LogP contribution in [0.25, 0.3) is 0 Å². The van der Waals surface area contributed by atoms with Crippen LogP contribution in [0.5, 0.6) is 0 Å². The second-order valence-electron chi connectivity index (χ2n) is 6.53. The van der Waals surface area contributed by atoms with E-state index in [2.05, 4.69) is 0 Å². The van der Waals surface area contributed by atoms with Gasteiger partial charge >= 0.3 is 0 Å². The van der Waals surface area contributed by atoms with Crippen LogP contribution in [0, 0.1) is 5.82 Å². The Kier molecular flexibility index (Phi) is 3.74. The van der Waals surface area contributed by atoms with E-state index in [1.807, 2.05) is 11.8 Å². The largest absolute Gasteiger partial charge is 0.380 e. The van der Waals surface area contributed by atoms with Gasteiger partial charge in [-0.05, 0) is 56.7 Å². The summed E-state index contributed by atoms with van der Waals surface area (Å²) in [4.78, 5) is 14.4. The molecule has 3 rings (SSSR count). The molecule has 0 aromatic heterocycles. The molecule has 4 heteroatoms. The van der Waals surface area contributed by atoms with Gasteiger partial charge in [0.2, 0.25) is 0 Å². The van der Waals surface area contributed by atoms with Crippen molar-refractivity contribution in [1.29, 1.82) is 0 Å². The molecule has 1 saturated heterocycles. The van der Waals surface area contributed by atoms with Gasteiger partial charge in [0.1, 0.15) is 11.4 Å². The maximum Gasteiger partial charge on any atom is 0.254 e. The first-order chi connectivity index (χ1) is 9.99. The van der Waals surface area contributed by atoms with E-state index in [4.69, 9.17) is 0 Å². The lowest BCUT2D eigenvalue weighted by molar-refractivity contribution is -0.151. The van der Waals surface area contributed by atoms with E-state index in [1.54, 1.807) is 12.1 Å². The molecule has 1 heterocycles. The third-order valence-electron chi connectivity index (χ3n) is 5.01. The Morgan fingerprint density at radius 2 is 1.90 bits per heavy atom. The summed E-state index contributed by atoms with van der Waals surface area (Å²) in [6.07, 6.45) is 3.87. The van der Waals surface area contributed by atoms with Crippen molar-refractivity contribution in [1.82, 2.24) is 4.90 Å². The molecule has 21 heavy (non-hydrogen) atoms. The molecule has 114 valence electrons. The molecule has 3 nitrogen and oxygen atoms in total. The zero-order valence-electron chi connectivity index (χ0n) is 12.4. The van der Waals surface area contributed by atoms with Crippen LogP contribution in [-0.2, 0) is 4.79 Å². The molecule has 1 aromatic carbocycles. The van der Waals surface area contributed by atoms with Gasteiger partial charge in [0, 0.05) is 18.5 Å². The van der Waals surface area contributed by atoms with Gasteiger partial charge in [-0.3, -0.25) is 4.79 Å². The summed E-state index contributed by atoms with van der Waals surface area (Å²) in [7, 11) is 0.